The number of rotatable bonds is 1. The average Bonchev–Trinajstić information content (AvgIpc) is 2.98. The zero-order valence-electron chi connectivity index (χ0n) is 12.8. The molecule has 1 aromatic carbocycles. The third-order valence-electron chi connectivity index (χ3n) is 5.20. The van der Waals surface area contributed by atoms with Gasteiger partial charge >= 0.3 is 0 Å². The third-order valence-corrected chi connectivity index (χ3v) is 6.08. The second-order valence-corrected chi connectivity index (χ2v) is 7.41. The molecular formula is C19H21NOS. The van der Waals surface area contributed by atoms with E-state index < -0.39 is 5.60 Å². The van der Waals surface area contributed by atoms with Crippen LogP contribution in [0.3, 0.4) is 0 Å². The first kappa shape index (κ1) is 14.2. The molecule has 1 aliphatic carbocycles. The summed E-state index contributed by atoms with van der Waals surface area (Å²) in [7, 11) is 2.17. The van der Waals surface area contributed by atoms with Gasteiger partial charge in [0.25, 0.3) is 0 Å². The highest BCUT2D eigenvalue weighted by Crippen LogP contribution is 2.47. The monoisotopic (exact) mass is 311 g/mol. The van der Waals surface area contributed by atoms with E-state index in [4.69, 9.17) is 0 Å². The van der Waals surface area contributed by atoms with Crippen molar-refractivity contribution in [3.8, 4) is 0 Å². The van der Waals surface area contributed by atoms with Crippen LogP contribution in [0.5, 0.6) is 0 Å². The molecule has 1 saturated heterocycles. The molecule has 0 radical (unpaired) electrons. The zero-order valence-corrected chi connectivity index (χ0v) is 13.6. The van der Waals surface area contributed by atoms with Crippen LogP contribution in [0.4, 0.5) is 0 Å². The summed E-state index contributed by atoms with van der Waals surface area (Å²) in [5.41, 5.74) is 2.44. The molecule has 114 valence electrons. The van der Waals surface area contributed by atoms with Crippen LogP contribution >= 0.6 is 11.3 Å². The number of hydrogen-bond acceptors (Lipinski definition) is 3. The third kappa shape index (κ3) is 2.08. The summed E-state index contributed by atoms with van der Waals surface area (Å²) in [6.45, 7) is 2.12. The standard InChI is InChI=1S/C19H21NOS/c1-20-11-8-15(9-12-20)19(21)16-5-3-2-4-14(16)6-7-18-17(19)10-13-22-18/h2-7,10,13,15,21H,8-9,11-12H2,1H3. The molecule has 2 heterocycles. The summed E-state index contributed by atoms with van der Waals surface area (Å²) in [6, 6.07) is 10.4. The molecule has 1 unspecified atom stereocenters. The van der Waals surface area contributed by atoms with E-state index in [0.717, 1.165) is 42.6 Å². The van der Waals surface area contributed by atoms with Crippen molar-refractivity contribution in [1.82, 2.24) is 4.90 Å². The Morgan fingerprint density at radius 2 is 1.86 bits per heavy atom. The summed E-state index contributed by atoms with van der Waals surface area (Å²) < 4.78 is 0. The molecule has 3 heteroatoms. The Labute approximate surface area is 135 Å². The molecule has 2 aliphatic rings. The molecule has 1 N–H and O–H groups in total. The van der Waals surface area contributed by atoms with Crippen LogP contribution in [0.2, 0.25) is 0 Å². The van der Waals surface area contributed by atoms with Crippen molar-refractivity contribution in [2.75, 3.05) is 20.1 Å². The highest BCUT2D eigenvalue weighted by atomic mass is 32.1. The number of thiophene rings is 1. The lowest BCUT2D eigenvalue weighted by Gasteiger charge is -2.41. The van der Waals surface area contributed by atoms with Gasteiger partial charge < -0.3 is 10.0 Å². The predicted molar refractivity (Wildman–Crippen MR) is 92.9 cm³/mol. The maximum absolute atomic E-state index is 11.9. The fraction of sp³-hybridized carbons (Fsp3) is 0.368. The minimum absolute atomic E-state index is 0.276. The first-order valence-electron chi connectivity index (χ1n) is 7.96. The van der Waals surface area contributed by atoms with Gasteiger partial charge in [0.15, 0.2) is 0 Å². The Balaban J connectivity index is 1.89. The van der Waals surface area contributed by atoms with Gasteiger partial charge in [0.2, 0.25) is 0 Å². The van der Waals surface area contributed by atoms with Crippen LogP contribution in [0.25, 0.3) is 12.2 Å². The van der Waals surface area contributed by atoms with Gasteiger partial charge in [0.1, 0.15) is 5.60 Å². The minimum Gasteiger partial charge on any atom is -0.380 e. The lowest BCUT2D eigenvalue weighted by molar-refractivity contribution is -0.0107. The molecule has 22 heavy (non-hydrogen) atoms. The zero-order chi connectivity index (χ0) is 15.2. The van der Waals surface area contributed by atoms with E-state index in [1.807, 2.05) is 6.07 Å². The number of aliphatic hydroxyl groups is 1. The molecule has 1 atom stereocenters. The Morgan fingerprint density at radius 1 is 1.09 bits per heavy atom. The first-order chi connectivity index (χ1) is 10.7. The molecule has 0 amide bonds. The van der Waals surface area contributed by atoms with Gasteiger partial charge in [-0.15, -0.1) is 11.3 Å². The Hall–Kier alpha value is -1.42. The van der Waals surface area contributed by atoms with E-state index in [0.29, 0.717) is 0 Å². The second kappa shape index (κ2) is 5.34. The number of likely N-dealkylation sites (tertiary alicyclic amines) is 1. The molecule has 1 aliphatic heterocycles. The van der Waals surface area contributed by atoms with Crippen LogP contribution in [-0.4, -0.2) is 30.1 Å². The SMILES string of the molecule is CN1CCC(C2(O)c3ccccc3C=Cc3sccc32)CC1. The molecule has 2 aromatic rings. The van der Waals surface area contributed by atoms with Crippen molar-refractivity contribution >= 4 is 23.5 Å². The van der Waals surface area contributed by atoms with E-state index in [2.05, 4.69) is 53.7 Å². The van der Waals surface area contributed by atoms with Crippen LogP contribution in [-0.2, 0) is 5.60 Å². The fourth-order valence-electron chi connectivity index (χ4n) is 3.93. The van der Waals surface area contributed by atoms with Gasteiger partial charge in [-0.25, -0.2) is 0 Å². The van der Waals surface area contributed by atoms with Crippen LogP contribution in [0.15, 0.2) is 35.7 Å². The quantitative estimate of drug-likeness (QED) is 0.865. The van der Waals surface area contributed by atoms with E-state index in [1.165, 1.54) is 4.88 Å². The van der Waals surface area contributed by atoms with Gasteiger partial charge in [0.05, 0.1) is 0 Å². The van der Waals surface area contributed by atoms with Crippen molar-refractivity contribution in [2.24, 2.45) is 5.92 Å². The Kier molecular flexibility index (Phi) is 3.44. The van der Waals surface area contributed by atoms with E-state index in [1.54, 1.807) is 11.3 Å². The predicted octanol–water partition coefficient (Wildman–Crippen LogP) is 3.81. The molecule has 0 spiro atoms. The van der Waals surface area contributed by atoms with Crippen LogP contribution in [0, 0.1) is 5.92 Å². The van der Waals surface area contributed by atoms with Crippen molar-refractivity contribution in [3.05, 3.63) is 57.3 Å². The normalized spacial score (nSPS) is 25.5. The van der Waals surface area contributed by atoms with Crippen molar-refractivity contribution in [2.45, 2.75) is 18.4 Å². The van der Waals surface area contributed by atoms with E-state index in [9.17, 15) is 5.11 Å². The molecule has 4 rings (SSSR count). The molecule has 0 saturated carbocycles. The summed E-state index contributed by atoms with van der Waals surface area (Å²) in [5, 5.41) is 14.0. The highest BCUT2D eigenvalue weighted by molar-refractivity contribution is 7.11. The van der Waals surface area contributed by atoms with Gasteiger partial charge in [0, 0.05) is 10.4 Å². The summed E-state index contributed by atoms with van der Waals surface area (Å²) in [5.74, 6) is 0.276. The van der Waals surface area contributed by atoms with Crippen LogP contribution in [0.1, 0.15) is 34.4 Å². The summed E-state index contributed by atoms with van der Waals surface area (Å²) in [6.07, 6.45) is 6.39. The molecule has 0 bridgehead atoms. The smallest absolute Gasteiger partial charge is 0.119 e. The van der Waals surface area contributed by atoms with Gasteiger partial charge in [-0.1, -0.05) is 30.3 Å². The number of nitrogens with zero attached hydrogens (tertiary/aromatic N) is 1. The Morgan fingerprint density at radius 3 is 2.68 bits per heavy atom. The minimum atomic E-state index is -0.864. The fourth-order valence-corrected chi connectivity index (χ4v) is 4.78. The van der Waals surface area contributed by atoms with Gasteiger partial charge in [-0.05, 0) is 67.5 Å². The summed E-state index contributed by atoms with van der Waals surface area (Å²) >= 11 is 1.72. The maximum Gasteiger partial charge on any atom is 0.119 e. The van der Waals surface area contributed by atoms with Crippen molar-refractivity contribution in [1.29, 1.82) is 0 Å². The lowest BCUT2D eigenvalue weighted by Crippen LogP contribution is -2.43. The largest absolute Gasteiger partial charge is 0.380 e. The second-order valence-electron chi connectivity index (χ2n) is 6.46. The highest BCUT2D eigenvalue weighted by Gasteiger charge is 2.44. The molecular weight excluding hydrogens is 290 g/mol. The van der Waals surface area contributed by atoms with Crippen LogP contribution < -0.4 is 0 Å². The van der Waals surface area contributed by atoms with Gasteiger partial charge in [-0.3, -0.25) is 0 Å². The lowest BCUT2D eigenvalue weighted by atomic mass is 9.71. The molecule has 1 fully saturated rings. The Bertz CT molecular complexity index is 712. The average molecular weight is 311 g/mol. The maximum atomic E-state index is 11.9. The first-order valence-corrected chi connectivity index (χ1v) is 8.84. The van der Waals surface area contributed by atoms with Crippen molar-refractivity contribution in [3.63, 3.8) is 0 Å². The van der Waals surface area contributed by atoms with Crippen molar-refractivity contribution < 1.29 is 5.11 Å². The number of hydrogen-bond donors (Lipinski definition) is 1. The molecule has 2 nitrogen and oxygen atoms in total. The number of benzene rings is 1. The van der Waals surface area contributed by atoms with E-state index >= 15 is 0 Å². The summed E-state index contributed by atoms with van der Waals surface area (Å²) in [4.78, 5) is 3.55. The number of piperidine rings is 1. The number of fused-ring (bicyclic) bond motifs is 2. The molecule has 1 aromatic heterocycles. The van der Waals surface area contributed by atoms with E-state index in [-0.39, 0.29) is 5.92 Å². The topological polar surface area (TPSA) is 23.5 Å². The van der Waals surface area contributed by atoms with Gasteiger partial charge in [-0.2, -0.15) is 0 Å².